The Bertz CT molecular complexity index is 669. The Morgan fingerprint density at radius 3 is 2.48 bits per heavy atom. The van der Waals surface area contributed by atoms with Crippen LogP contribution in [0.4, 0.5) is 0 Å². The first-order valence-electron chi connectivity index (χ1n) is 11.6. The molecule has 11 N–H and O–H groups in total. The Balaban J connectivity index is 1.75. The Morgan fingerprint density at radius 2 is 1.85 bits per heavy atom. The highest BCUT2D eigenvalue weighted by molar-refractivity contribution is 5.05. The van der Waals surface area contributed by atoms with Crippen molar-refractivity contribution in [1.29, 1.82) is 0 Å². The quantitative estimate of drug-likeness (QED) is 0.175. The van der Waals surface area contributed by atoms with E-state index in [2.05, 4.69) is 10.6 Å². The van der Waals surface area contributed by atoms with Gasteiger partial charge >= 0.3 is 0 Å². The zero-order valence-electron chi connectivity index (χ0n) is 19.6. The largest absolute Gasteiger partial charge is 0.467 e. The molecule has 2 heterocycles. The first kappa shape index (κ1) is 26.7. The molecule has 2 aliphatic heterocycles. The van der Waals surface area contributed by atoms with Gasteiger partial charge in [0.25, 0.3) is 0 Å². The molecule has 0 unspecified atom stereocenters. The van der Waals surface area contributed by atoms with E-state index >= 15 is 0 Å². The molecule has 0 amide bonds. The highest BCUT2D eigenvalue weighted by Crippen LogP contribution is 2.31. The summed E-state index contributed by atoms with van der Waals surface area (Å²) in [4.78, 5) is 0. The topological polar surface area (TPSA) is 200 Å². The zero-order valence-corrected chi connectivity index (χ0v) is 19.6. The summed E-state index contributed by atoms with van der Waals surface area (Å²) in [6, 6.07) is -1.95. The van der Waals surface area contributed by atoms with Crippen LogP contribution in [-0.2, 0) is 18.9 Å². The number of ether oxygens (including phenoxy) is 4. The highest BCUT2D eigenvalue weighted by Gasteiger charge is 2.51. The molecule has 0 aromatic carbocycles. The molecule has 33 heavy (non-hydrogen) atoms. The van der Waals surface area contributed by atoms with Crippen LogP contribution in [0.2, 0.25) is 0 Å². The number of likely N-dealkylation sites (N-methyl/N-ethyl adjacent to an activating group) is 2. The Hall–Kier alpha value is -0.900. The van der Waals surface area contributed by atoms with Crippen LogP contribution in [0.1, 0.15) is 26.7 Å². The van der Waals surface area contributed by atoms with Gasteiger partial charge in [0, 0.05) is 12.1 Å². The Labute approximate surface area is 194 Å². The van der Waals surface area contributed by atoms with Gasteiger partial charge in [-0.15, -0.1) is 0 Å². The maximum absolute atomic E-state index is 11.3. The maximum atomic E-state index is 11.3. The van der Waals surface area contributed by atoms with Crippen LogP contribution in [0.3, 0.4) is 0 Å². The highest BCUT2D eigenvalue weighted by atomic mass is 16.7. The average Bonchev–Trinajstić information content (AvgIpc) is 2.76. The predicted octanol–water partition coefficient (Wildman–Crippen LogP) is -3.20. The third kappa shape index (κ3) is 5.85. The van der Waals surface area contributed by atoms with Crippen LogP contribution < -0.4 is 27.8 Å². The summed E-state index contributed by atoms with van der Waals surface area (Å²) in [6.45, 7) is 4.30. The van der Waals surface area contributed by atoms with Gasteiger partial charge in [-0.2, -0.15) is 0 Å². The monoisotopic (exact) mass is 475 g/mol. The second-order valence-corrected chi connectivity index (χ2v) is 9.31. The van der Waals surface area contributed by atoms with Gasteiger partial charge in [0.1, 0.15) is 35.8 Å². The van der Waals surface area contributed by atoms with Crippen molar-refractivity contribution < 1.29 is 34.3 Å². The smallest absolute Gasteiger partial charge is 0.215 e. The van der Waals surface area contributed by atoms with Gasteiger partial charge in [-0.25, -0.2) is 0 Å². The lowest BCUT2D eigenvalue weighted by molar-refractivity contribution is -0.304. The van der Waals surface area contributed by atoms with E-state index in [1.807, 2.05) is 13.0 Å². The average molecular weight is 476 g/mol. The van der Waals surface area contributed by atoms with E-state index in [4.69, 9.17) is 36.1 Å². The van der Waals surface area contributed by atoms with Crippen LogP contribution in [0.5, 0.6) is 0 Å². The van der Waals surface area contributed by atoms with E-state index in [1.165, 1.54) is 0 Å². The molecule has 12 heteroatoms. The molecule has 1 saturated heterocycles. The molecule has 11 atom stereocenters. The third-order valence-electron chi connectivity index (χ3n) is 6.64. The fourth-order valence-corrected chi connectivity index (χ4v) is 4.86. The number of aliphatic hydroxyl groups excluding tert-OH is 2. The summed E-state index contributed by atoms with van der Waals surface area (Å²) in [7, 11) is 1.64. The molecule has 0 aromatic rings. The van der Waals surface area contributed by atoms with Crippen LogP contribution in [0.15, 0.2) is 11.8 Å². The van der Waals surface area contributed by atoms with Gasteiger partial charge in [-0.05, 0) is 39.4 Å². The van der Waals surface area contributed by atoms with Crippen molar-refractivity contribution in [2.45, 2.75) is 93.5 Å². The van der Waals surface area contributed by atoms with Crippen molar-refractivity contribution in [2.24, 2.45) is 17.2 Å². The molecule has 12 nitrogen and oxygen atoms in total. The summed E-state index contributed by atoms with van der Waals surface area (Å²) < 4.78 is 23.6. The van der Waals surface area contributed by atoms with Crippen LogP contribution in [-0.4, -0.2) is 109 Å². The van der Waals surface area contributed by atoms with E-state index in [1.54, 1.807) is 14.0 Å². The van der Waals surface area contributed by atoms with Crippen molar-refractivity contribution in [3.8, 4) is 0 Å². The number of nitrogens with two attached hydrogens (primary N) is 3. The summed E-state index contributed by atoms with van der Waals surface area (Å²) in [5.41, 5.74) is 16.9. The lowest BCUT2D eigenvalue weighted by Crippen LogP contribution is -2.69. The second-order valence-electron chi connectivity index (χ2n) is 9.31. The normalized spacial score (nSPS) is 46.5. The molecular formula is C21H41N5O7. The van der Waals surface area contributed by atoms with Gasteiger partial charge in [0.05, 0.1) is 25.2 Å². The van der Waals surface area contributed by atoms with E-state index in [0.29, 0.717) is 25.1 Å². The molecule has 0 aromatic heterocycles. The van der Waals surface area contributed by atoms with Crippen molar-refractivity contribution in [1.82, 2.24) is 10.6 Å². The van der Waals surface area contributed by atoms with Gasteiger partial charge in [0.15, 0.2) is 6.29 Å². The molecule has 2 fully saturated rings. The minimum absolute atomic E-state index is 0.0483. The molecule has 3 aliphatic rings. The number of hydrogen-bond acceptors (Lipinski definition) is 12. The second kappa shape index (κ2) is 11.2. The number of hydrogen-bond donors (Lipinski definition) is 8. The van der Waals surface area contributed by atoms with Gasteiger partial charge in [-0.1, -0.05) is 6.92 Å². The standard InChI is InChI=1S/C21H41N5O7/c1-4-26-13-7-12(24)16(32-19-11(23)6-5-10(8-22)31-19)14(27)17(13)33-20-15(28)18(25-3)21(2,29)9-30-20/h5,11-20,25-29H,4,6-9,22-24H2,1-3H3/t11-,12+,13+,14+,15-,16-,17+,18+,19-,20-,21+/m1/s1. The minimum atomic E-state index is -1.28. The van der Waals surface area contributed by atoms with Gasteiger partial charge in [0.2, 0.25) is 6.29 Å². The lowest BCUT2D eigenvalue weighted by Gasteiger charge is -2.49. The predicted molar refractivity (Wildman–Crippen MR) is 120 cm³/mol. The summed E-state index contributed by atoms with van der Waals surface area (Å²) in [5, 5.41) is 38.8. The van der Waals surface area contributed by atoms with E-state index in [0.717, 1.165) is 0 Å². The van der Waals surface area contributed by atoms with Crippen molar-refractivity contribution >= 4 is 0 Å². The van der Waals surface area contributed by atoms with E-state index in [9.17, 15) is 15.3 Å². The molecule has 1 aliphatic carbocycles. The molecule has 3 rings (SSSR count). The molecule has 0 spiro atoms. The zero-order chi connectivity index (χ0) is 24.3. The van der Waals surface area contributed by atoms with Crippen LogP contribution >= 0.6 is 0 Å². The van der Waals surface area contributed by atoms with Gasteiger partial charge < -0.3 is 62.1 Å². The maximum Gasteiger partial charge on any atom is 0.215 e. The van der Waals surface area contributed by atoms with Gasteiger partial charge in [-0.3, -0.25) is 0 Å². The van der Waals surface area contributed by atoms with E-state index < -0.39 is 60.7 Å². The fraction of sp³-hybridized carbons (Fsp3) is 0.905. The van der Waals surface area contributed by atoms with E-state index in [-0.39, 0.29) is 19.2 Å². The van der Waals surface area contributed by atoms with Crippen LogP contribution in [0.25, 0.3) is 0 Å². The molecular weight excluding hydrogens is 434 g/mol. The first-order chi connectivity index (χ1) is 15.6. The molecule has 1 saturated carbocycles. The Kier molecular flexibility index (Phi) is 9.08. The minimum Gasteiger partial charge on any atom is -0.467 e. The summed E-state index contributed by atoms with van der Waals surface area (Å²) >= 11 is 0. The number of rotatable bonds is 8. The summed E-state index contributed by atoms with van der Waals surface area (Å²) in [5.74, 6) is 0.572. The van der Waals surface area contributed by atoms with Crippen molar-refractivity contribution in [3.05, 3.63) is 11.8 Å². The number of aliphatic hydroxyl groups is 3. The first-order valence-corrected chi connectivity index (χ1v) is 11.6. The Morgan fingerprint density at radius 1 is 1.15 bits per heavy atom. The number of nitrogens with one attached hydrogen (secondary N) is 2. The van der Waals surface area contributed by atoms with Crippen molar-refractivity contribution in [3.63, 3.8) is 0 Å². The SMILES string of the molecule is CCN[C@H]1C[C@H](N)[C@@H](O[C@H]2OC(CN)=CC[C@H]2N)[C@H](O)[C@H]1O[C@H]1OC[C@](C)(O)[C@@H](NC)[C@H]1O. The fourth-order valence-electron chi connectivity index (χ4n) is 4.86. The molecule has 0 radical (unpaired) electrons. The molecule has 0 bridgehead atoms. The summed E-state index contributed by atoms with van der Waals surface area (Å²) in [6.07, 6.45) is -3.05. The van der Waals surface area contributed by atoms with Crippen molar-refractivity contribution in [2.75, 3.05) is 26.7 Å². The van der Waals surface area contributed by atoms with Crippen LogP contribution in [0, 0.1) is 0 Å². The third-order valence-corrected chi connectivity index (χ3v) is 6.64. The lowest BCUT2D eigenvalue weighted by atomic mass is 9.83. The molecule has 192 valence electrons.